The molecular weight excluding hydrogens is 256 g/mol. The molecule has 0 aliphatic carbocycles. The molecule has 1 aromatic carbocycles. The highest BCUT2D eigenvalue weighted by Crippen LogP contribution is 2.17. The summed E-state index contributed by atoms with van der Waals surface area (Å²) in [5, 5.41) is 15.2. The van der Waals surface area contributed by atoms with Gasteiger partial charge in [0, 0.05) is 11.6 Å². The van der Waals surface area contributed by atoms with Crippen LogP contribution in [-0.2, 0) is 0 Å². The fourth-order valence-electron chi connectivity index (χ4n) is 1.67. The lowest BCUT2D eigenvalue weighted by Crippen LogP contribution is -2.13. The molecule has 0 aliphatic rings. The molecule has 0 atom stereocenters. The molecule has 0 radical (unpaired) electrons. The molecule has 2 N–H and O–H groups in total. The maximum atomic E-state index is 12.0. The molecule has 0 fully saturated rings. The number of carbonyl (C=O) groups excluding carboxylic acids is 1. The van der Waals surface area contributed by atoms with Crippen molar-refractivity contribution in [3.05, 3.63) is 46.8 Å². The fourth-order valence-corrected chi connectivity index (χ4v) is 1.67. The first-order valence-electron chi connectivity index (χ1n) is 6.05. The van der Waals surface area contributed by atoms with Crippen LogP contribution in [0.3, 0.4) is 0 Å². The standard InChI is InChI=1S/C15H14N2O3/c1-10-5-6-13(12(8-10)4-3-7-18)16-15(19)14-9-11(2)20-17-14/h5-6,8-9,18H,7H2,1-2H3,(H,16,19). The minimum Gasteiger partial charge on any atom is -0.384 e. The van der Waals surface area contributed by atoms with Crippen LogP contribution in [-0.4, -0.2) is 22.8 Å². The van der Waals surface area contributed by atoms with E-state index in [-0.39, 0.29) is 18.2 Å². The average molecular weight is 270 g/mol. The van der Waals surface area contributed by atoms with E-state index in [9.17, 15) is 4.79 Å². The zero-order valence-electron chi connectivity index (χ0n) is 11.2. The van der Waals surface area contributed by atoms with Crippen molar-refractivity contribution < 1.29 is 14.4 Å². The summed E-state index contributed by atoms with van der Waals surface area (Å²) in [6.07, 6.45) is 0. The van der Waals surface area contributed by atoms with Crippen LogP contribution in [0.15, 0.2) is 28.8 Å². The Labute approximate surface area is 116 Å². The molecule has 0 saturated carbocycles. The maximum absolute atomic E-state index is 12.0. The molecule has 0 spiro atoms. The second-order valence-corrected chi connectivity index (χ2v) is 4.29. The van der Waals surface area contributed by atoms with Crippen molar-refractivity contribution in [1.82, 2.24) is 5.16 Å². The number of nitrogens with zero attached hydrogens (tertiary/aromatic N) is 1. The second-order valence-electron chi connectivity index (χ2n) is 4.29. The third kappa shape index (κ3) is 3.25. The lowest BCUT2D eigenvalue weighted by atomic mass is 10.1. The molecule has 1 aromatic heterocycles. The third-order valence-corrected chi connectivity index (χ3v) is 2.59. The molecular formula is C15H14N2O3. The Morgan fingerprint density at radius 2 is 2.20 bits per heavy atom. The number of hydrogen-bond acceptors (Lipinski definition) is 4. The van der Waals surface area contributed by atoms with Crippen molar-refractivity contribution in [3.8, 4) is 11.8 Å². The molecule has 0 unspecified atom stereocenters. The highest BCUT2D eigenvalue weighted by molar-refractivity contribution is 6.03. The molecule has 2 aromatic rings. The molecule has 20 heavy (non-hydrogen) atoms. The summed E-state index contributed by atoms with van der Waals surface area (Å²) in [5.41, 5.74) is 2.45. The van der Waals surface area contributed by atoms with E-state index in [4.69, 9.17) is 9.63 Å². The van der Waals surface area contributed by atoms with Crippen molar-refractivity contribution >= 4 is 11.6 Å². The van der Waals surface area contributed by atoms with Gasteiger partial charge in [0.25, 0.3) is 5.91 Å². The third-order valence-electron chi connectivity index (χ3n) is 2.59. The monoisotopic (exact) mass is 270 g/mol. The highest BCUT2D eigenvalue weighted by atomic mass is 16.5. The molecule has 2 rings (SSSR count). The number of aromatic nitrogens is 1. The molecule has 0 saturated heterocycles. The molecule has 0 aliphatic heterocycles. The second kappa shape index (κ2) is 6.04. The molecule has 1 amide bonds. The molecule has 0 bridgehead atoms. The van der Waals surface area contributed by atoms with Crippen LogP contribution in [0.1, 0.15) is 27.4 Å². The number of amides is 1. The summed E-state index contributed by atoms with van der Waals surface area (Å²) in [4.78, 5) is 12.0. The van der Waals surface area contributed by atoms with Gasteiger partial charge in [0.15, 0.2) is 5.69 Å². The zero-order chi connectivity index (χ0) is 14.5. The number of hydrogen-bond donors (Lipinski definition) is 2. The van der Waals surface area contributed by atoms with E-state index in [1.54, 1.807) is 19.1 Å². The van der Waals surface area contributed by atoms with E-state index in [1.807, 2.05) is 19.1 Å². The quantitative estimate of drug-likeness (QED) is 0.817. The van der Waals surface area contributed by atoms with Gasteiger partial charge in [-0.2, -0.15) is 0 Å². The van der Waals surface area contributed by atoms with Crippen molar-refractivity contribution in [2.24, 2.45) is 0 Å². The number of carbonyl (C=O) groups is 1. The highest BCUT2D eigenvalue weighted by Gasteiger charge is 2.12. The lowest BCUT2D eigenvalue weighted by molar-refractivity contribution is 0.101. The van der Waals surface area contributed by atoms with Crippen LogP contribution < -0.4 is 5.32 Å². The predicted octanol–water partition coefficient (Wildman–Crippen LogP) is 1.89. The van der Waals surface area contributed by atoms with E-state index in [1.165, 1.54) is 0 Å². The Hall–Kier alpha value is -2.58. The fraction of sp³-hybridized carbons (Fsp3) is 0.200. The minimum absolute atomic E-state index is 0.212. The van der Waals surface area contributed by atoms with Crippen LogP contribution in [0.4, 0.5) is 5.69 Å². The number of aliphatic hydroxyl groups excluding tert-OH is 1. The van der Waals surface area contributed by atoms with Gasteiger partial charge in [0.1, 0.15) is 12.4 Å². The summed E-state index contributed by atoms with van der Waals surface area (Å²) < 4.78 is 4.87. The van der Waals surface area contributed by atoms with Gasteiger partial charge in [-0.25, -0.2) is 0 Å². The Morgan fingerprint density at radius 3 is 2.85 bits per heavy atom. The number of rotatable bonds is 2. The van der Waals surface area contributed by atoms with E-state index in [0.717, 1.165) is 5.56 Å². The molecule has 5 nitrogen and oxygen atoms in total. The molecule has 1 heterocycles. The van der Waals surface area contributed by atoms with Gasteiger partial charge >= 0.3 is 0 Å². The number of nitrogens with one attached hydrogen (secondary N) is 1. The summed E-state index contributed by atoms with van der Waals surface area (Å²) in [5.74, 6) is 5.58. The number of aryl methyl sites for hydroxylation is 2. The van der Waals surface area contributed by atoms with Crippen molar-refractivity contribution in [1.29, 1.82) is 0 Å². The Balaban J connectivity index is 2.26. The Morgan fingerprint density at radius 1 is 1.40 bits per heavy atom. The maximum Gasteiger partial charge on any atom is 0.277 e. The van der Waals surface area contributed by atoms with E-state index < -0.39 is 0 Å². The van der Waals surface area contributed by atoms with Gasteiger partial charge in [0.2, 0.25) is 0 Å². The van der Waals surface area contributed by atoms with Gasteiger partial charge in [-0.1, -0.05) is 23.1 Å². The van der Waals surface area contributed by atoms with Crippen molar-refractivity contribution in [2.45, 2.75) is 13.8 Å². The van der Waals surface area contributed by atoms with Gasteiger partial charge in [0.05, 0.1) is 5.69 Å². The van der Waals surface area contributed by atoms with Crippen molar-refractivity contribution in [2.75, 3.05) is 11.9 Å². The van der Waals surface area contributed by atoms with Crippen molar-refractivity contribution in [3.63, 3.8) is 0 Å². The number of benzene rings is 1. The zero-order valence-corrected chi connectivity index (χ0v) is 11.2. The predicted molar refractivity (Wildman–Crippen MR) is 74.3 cm³/mol. The first-order valence-corrected chi connectivity index (χ1v) is 6.05. The van der Waals surface area contributed by atoms with Gasteiger partial charge in [-0.15, -0.1) is 0 Å². The molecule has 5 heteroatoms. The first-order chi connectivity index (χ1) is 9.60. The van der Waals surface area contributed by atoms with Crippen LogP contribution >= 0.6 is 0 Å². The average Bonchev–Trinajstić information content (AvgIpc) is 2.85. The van der Waals surface area contributed by atoms with Crippen LogP contribution in [0.2, 0.25) is 0 Å². The van der Waals surface area contributed by atoms with Gasteiger partial charge < -0.3 is 14.9 Å². The van der Waals surface area contributed by atoms with E-state index >= 15 is 0 Å². The lowest BCUT2D eigenvalue weighted by Gasteiger charge is -2.06. The normalized spacial score (nSPS) is 9.75. The molecule has 102 valence electrons. The summed E-state index contributed by atoms with van der Waals surface area (Å²) in [6, 6.07) is 7.03. The number of anilines is 1. The van der Waals surface area contributed by atoms with Crippen LogP contribution in [0, 0.1) is 25.7 Å². The summed E-state index contributed by atoms with van der Waals surface area (Å²) >= 11 is 0. The minimum atomic E-state index is -0.363. The van der Waals surface area contributed by atoms with Crippen LogP contribution in [0.5, 0.6) is 0 Å². The largest absolute Gasteiger partial charge is 0.384 e. The Bertz CT molecular complexity index is 693. The van der Waals surface area contributed by atoms with E-state index in [2.05, 4.69) is 22.3 Å². The Kier molecular flexibility index (Phi) is 4.18. The van der Waals surface area contributed by atoms with Crippen LogP contribution in [0.25, 0.3) is 0 Å². The SMILES string of the molecule is Cc1ccc(NC(=O)c2cc(C)on2)c(C#CCO)c1. The van der Waals surface area contributed by atoms with Gasteiger partial charge in [-0.3, -0.25) is 4.79 Å². The van der Waals surface area contributed by atoms with Gasteiger partial charge in [-0.05, 0) is 31.5 Å². The van der Waals surface area contributed by atoms with E-state index in [0.29, 0.717) is 17.0 Å². The topological polar surface area (TPSA) is 75.4 Å². The summed E-state index contributed by atoms with van der Waals surface area (Å²) in [6.45, 7) is 3.41. The first kappa shape index (κ1) is 13.8. The number of aliphatic hydroxyl groups is 1. The summed E-state index contributed by atoms with van der Waals surface area (Å²) in [7, 11) is 0. The smallest absolute Gasteiger partial charge is 0.277 e.